The molecule has 0 rings (SSSR count). The molecule has 46 valence electrons. The van der Waals surface area contributed by atoms with E-state index in [-0.39, 0.29) is 12.4 Å². The molecule has 2 nitrogen and oxygen atoms in total. The van der Waals surface area contributed by atoms with Crippen molar-refractivity contribution in [1.82, 2.24) is 0 Å². The van der Waals surface area contributed by atoms with Gasteiger partial charge in [-0.2, -0.15) is 0 Å². The van der Waals surface area contributed by atoms with Crippen LogP contribution in [0.1, 0.15) is 6.92 Å². The van der Waals surface area contributed by atoms with Crippen molar-refractivity contribution >= 4 is 16.3 Å². The first-order chi connectivity index (χ1) is 3.81. The third-order valence-electron chi connectivity index (χ3n) is 0.639. The van der Waals surface area contributed by atoms with Gasteiger partial charge >= 0.3 is 0 Å². The predicted molar refractivity (Wildman–Crippen MR) is 35.7 cm³/mol. The number of hydrogen-bond acceptors (Lipinski definition) is 2. The highest BCUT2D eigenvalue weighted by Gasteiger charge is 1.88. The van der Waals surface area contributed by atoms with E-state index in [1.165, 1.54) is 6.08 Å². The Morgan fingerprint density at radius 3 is 2.88 bits per heavy atom. The zero-order valence-corrected chi connectivity index (χ0v) is 7.18. The molecule has 0 spiro atoms. The van der Waals surface area contributed by atoms with Crippen molar-refractivity contribution in [3.05, 3.63) is 12.2 Å². The van der Waals surface area contributed by atoms with Gasteiger partial charge in [-0.3, -0.25) is 4.79 Å². The Balaban J connectivity index is 3.33. The van der Waals surface area contributed by atoms with Crippen LogP contribution in [0.15, 0.2) is 12.2 Å². The first kappa shape index (κ1) is 7.59. The lowest BCUT2D eigenvalue weighted by molar-refractivity contribution is -0.116. The first-order valence-electron chi connectivity index (χ1n) is 2.45. The second kappa shape index (κ2) is 4.74. The molecule has 0 saturated carbocycles. The maximum absolute atomic E-state index is 10.5. The second-order valence-electron chi connectivity index (χ2n) is 1.40. The van der Waals surface area contributed by atoms with Crippen LogP contribution < -0.4 is 0 Å². The van der Waals surface area contributed by atoms with Crippen LogP contribution in [0.3, 0.4) is 0 Å². The average Bonchev–Trinajstić information content (AvgIpc) is 1.68. The number of allylic oxidation sites excluding steroid dienone is 1. The van der Waals surface area contributed by atoms with Crippen LogP contribution in [0, 0.1) is 0 Å². The first-order valence-corrected chi connectivity index (χ1v) is 3.27. The maximum atomic E-state index is 10.5. The van der Waals surface area contributed by atoms with Gasteiger partial charge in [0, 0.05) is 0 Å². The SMILES string of the molecule is CC=CC(=O)CO[SiH3]. The Morgan fingerprint density at radius 1 is 1.88 bits per heavy atom. The highest BCUT2D eigenvalue weighted by Crippen LogP contribution is 1.75. The molecule has 0 aliphatic rings. The number of rotatable bonds is 3. The van der Waals surface area contributed by atoms with Crippen LogP contribution >= 0.6 is 0 Å². The quantitative estimate of drug-likeness (QED) is 0.378. The second-order valence-corrected chi connectivity index (χ2v) is 1.98. The van der Waals surface area contributed by atoms with E-state index < -0.39 is 0 Å². The van der Waals surface area contributed by atoms with Gasteiger partial charge in [0.2, 0.25) is 0 Å². The molecule has 0 aromatic carbocycles. The smallest absolute Gasteiger partial charge is 0.179 e. The number of carbonyl (C=O) groups excluding carboxylic acids is 1. The maximum Gasteiger partial charge on any atom is 0.179 e. The lowest BCUT2D eigenvalue weighted by Crippen LogP contribution is -2.02. The summed E-state index contributed by atoms with van der Waals surface area (Å²) in [4.78, 5) is 10.5. The Hall–Kier alpha value is -0.413. The minimum atomic E-state index is 0.0440. The van der Waals surface area contributed by atoms with E-state index in [0.29, 0.717) is 10.5 Å². The summed E-state index contributed by atoms with van der Waals surface area (Å²) < 4.78 is 4.69. The molecule has 0 heterocycles. The topological polar surface area (TPSA) is 26.3 Å². The molecule has 3 heteroatoms. The summed E-state index contributed by atoms with van der Waals surface area (Å²) in [6, 6.07) is 0. The Kier molecular flexibility index (Phi) is 4.49. The van der Waals surface area contributed by atoms with Crippen molar-refractivity contribution in [2.24, 2.45) is 0 Å². The van der Waals surface area contributed by atoms with Gasteiger partial charge in [-0.15, -0.1) is 0 Å². The van der Waals surface area contributed by atoms with Crippen LogP contribution in [-0.4, -0.2) is 22.9 Å². The Labute approximate surface area is 52.1 Å². The summed E-state index contributed by atoms with van der Waals surface area (Å²) in [7, 11) is 0.639. The van der Waals surface area contributed by atoms with Crippen LogP contribution in [0.2, 0.25) is 0 Å². The standard InChI is InChI=1S/C5H10O2Si/c1-2-3-5(6)4-7-8/h2-3H,4H2,1,8H3. The van der Waals surface area contributed by atoms with E-state index in [0.717, 1.165) is 0 Å². The minimum Gasteiger partial charge on any atom is -0.420 e. The van der Waals surface area contributed by atoms with Crippen molar-refractivity contribution < 1.29 is 9.22 Å². The van der Waals surface area contributed by atoms with Crippen molar-refractivity contribution in [1.29, 1.82) is 0 Å². The highest BCUT2D eigenvalue weighted by molar-refractivity contribution is 6.00. The molecule has 0 unspecified atom stereocenters. The third-order valence-corrected chi connectivity index (χ3v) is 0.928. The van der Waals surface area contributed by atoms with Gasteiger partial charge in [0.05, 0.1) is 6.61 Å². The molecule has 0 fully saturated rings. The van der Waals surface area contributed by atoms with Gasteiger partial charge < -0.3 is 4.43 Å². The van der Waals surface area contributed by atoms with Gasteiger partial charge in [0.25, 0.3) is 0 Å². The van der Waals surface area contributed by atoms with Crippen LogP contribution in [0.25, 0.3) is 0 Å². The van der Waals surface area contributed by atoms with Gasteiger partial charge in [0.15, 0.2) is 5.78 Å². The lowest BCUT2D eigenvalue weighted by atomic mass is 10.4. The molecule has 0 aromatic heterocycles. The van der Waals surface area contributed by atoms with Crippen LogP contribution in [-0.2, 0) is 9.22 Å². The third kappa shape index (κ3) is 3.77. The fourth-order valence-corrected chi connectivity index (χ4v) is 0.661. The summed E-state index contributed by atoms with van der Waals surface area (Å²) in [6.07, 6.45) is 3.22. The largest absolute Gasteiger partial charge is 0.420 e. The summed E-state index contributed by atoms with van der Waals surface area (Å²) in [6.45, 7) is 2.06. The van der Waals surface area contributed by atoms with Crippen molar-refractivity contribution in [2.75, 3.05) is 6.61 Å². The van der Waals surface area contributed by atoms with E-state index in [4.69, 9.17) is 4.43 Å². The summed E-state index contributed by atoms with van der Waals surface area (Å²) in [5.41, 5.74) is 0. The van der Waals surface area contributed by atoms with Crippen LogP contribution in [0.4, 0.5) is 0 Å². The zero-order valence-electron chi connectivity index (χ0n) is 5.18. The minimum absolute atomic E-state index is 0.0440. The van der Waals surface area contributed by atoms with Gasteiger partial charge in [-0.1, -0.05) is 6.08 Å². The number of ketones is 1. The monoisotopic (exact) mass is 130 g/mol. The fourth-order valence-electron chi connectivity index (χ4n) is 0.376. The molecule has 0 aromatic rings. The van der Waals surface area contributed by atoms with Crippen molar-refractivity contribution in [3.8, 4) is 0 Å². The number of carbonyl (C=O) groups is 1. The van der Waals surface area contributed by atoms with Gasteiger partial charge in [-0.25, -0.2) is 0 Å². The van der Waals surface area contributed by atoms with Gasteiger partial charge in [-0.05, 0) is 13.0 Å². The van der Waals surface area contributed by atoms with E-state index in [1.54, 1.807) is 6.08 Å². The van der Waals surface area contributed by atoms with E-state index in [9.17, 15) is 4.79 Å². The van der Waals surface area contributed by atoms with Crippen molar-refractivity contribution in [2.45, 2.75) is 6.92 Å². The van der Waals surface area contributed by atoms with Gasteiger partial charge in [0.1, 0.15) is 10.5 Å². The van der Waals surface area contributed by atoms with E-state index in [1.807, 2.05) is 6.92 Å². The van der Waals surface area contributed by atoms with Crippen LogP contribution in [0.5, 0.6) is 0 Å². The zero-order chi connectivity index (χ0) is 6.41. The molecule has 0 aliphatic carbocycles. The molecule has 0 radical (unpaired) electrons. The van der Waals surface area contributed by atoms with E-state index >= 15 is 0 Å². The van der Waals surface area contributed by atoms with Crippen molar-refractivity contribution in [3.63, 3.8) is 0 Å². The highest BCUT2D eigenvalue weighted by atomic mass is 28.2. The molecule has 0 bridgehead atoms. The normalized spacial score (nSPS) is 10.6. The molecule has 0 N–H and O–H groups in total. The summed E-state index contributed by atoms with van der Waals surface area (Å²) >= 11 is 0. The molecule has 8 heavy (non-hydrogen) atoms. The average molecular weight is 130 g/mol. The summed E-state index contributed by atoms with van der Waals surface area (Å²) in [5, 5.41) is 0. The molecule has 0 atom stereocenters. The molecular formula is C5H10O2Si. The molecular weight excluding hydrogens is 120 g/mol. The molecule has 0 aliphatic heterocycles. The Morgan fingerprint density at radius 2 is 2.50 bits per heavy atom. The van der Waals surface area contributed by atoms with E-state index in [2.05, 4.69) is 0 Å². The number of hydrogen-bond donors (Lipinski definition) is 0. The molecule has 0 saturated heterocycles. The summed E-state index contributed by atoms with van der Waals surface area (Å²) in [5.74, 6) is 0.0440. The molecule has 0 amide bonds. The predicted octanol–water partition coefficient (Wildman–Crippen LogP) is -0.571. The Bertz CT molecular complexity index is 98.6. The fraction of sp³-hybridized carbons (Fsp3) is 0.400. The lowest BCUT2D eigenvalue weighted by Gasteiger charge is -1.88.